The van der Waals surface area contributed by atoms with Gasteiger partial charge in [-0.25, -0.2) is 13.1 Å². The Kier molecular flexibility index (Phi) is 3.74. The van der Waals surface area contributed by atoms with Crippen LogP contribution in [0.5, 0.6) is 0 Å². The highest BCUT2D eigenvalue weighted by atomic mass is 32.2. The lowest BCUT2D eigenvalue weighted by molar-refractivity contribution is -0.0255. The Hall–Kier alpha value is -2.44. The molecule has 0 bridgehead atoms. The van der Waals surface area contributed by atoms with Crippen LogP contribution in [0.15, 0.2) is 78.0 Å². The molecule has 0 amide bonds. The zero-order valence-electron chi connectivity index (χ0n) is 14.9. The summed E-state index contributed by atoms with van der Waals surface area (Å²) in [6, 6.07) is 19.3. The maximum absolute atomic E-state index is 12.9. The van der Waals surface area contributed by atoms with Gasteiger partial charge in [0.1, 0.15) is 0 Å². The number of aromatic nitrogens is 2. The van der Waals surface area contributed by atoms with E-state index in [1.54, 1.807) is 39.4 Å². The monoisotopic (exact) mass is 379 g/mol. The summed E-state index contributed by atoms with van der Waals surface area (Å²) < 4.78 is 29.1. The van der Waals surface area contributed by atoms with Gasteiger partial charge in [0.05, 0.1) is 10.6 Å². The van der Waals surface area contributed by atoms with Crippen LogP contribution in [-0.2, 0) is 10.0 Å². The summed E-state index contributed by atoms with van der Waals surface area (Å²) in [4.78, 5) is 0.354. The molecule has 0 unspecified atom stereocenters. The molecule has 2 aromatic carbocycles. The van der Waals surface area contributed by atoms with Gasteiger partial charge in [-0.2, -0.15) is 9.40 Å². The zero-order valence-corrected chi connectivity index (χ0v) is 15.7. The third kappa shape index (κ3) is 2.80. The van der Waals surface area contributed by atoms with Crippen molar-refractivity contribution in [3.8, 4) is 5.69 Å². The van der Waals surface area contributed by atoms with E-state index < -0.39 is 10.0 Å². The first-order valence-electron chi connectivity index (χ1n) is 9.21. The van der Waals surface area contributed by atoms with Crippen molar-refractivity contribution in [2.75, 3.05) is 13.1 Å². The average Bonchev–Trinajstić information content (AvgIpc) is 3.15. The molecule has 2 aliphatic rings. The van der Waals surface area contributed by atoms with Crippen LogP contribution in [0.3, 0.4) is 0 Å². The number of nitrogens with zero attached hydrogens (tertiary/aromatic N) is 3. The fraction of sp³-hybridized carbons (Fsp3) is 0.286. The van der Waals surface area contributed by atoms with Crippen molar-refractivity contribution in [1.29, 1.82) is 0 Å². The number of hydrogen-bond donors (Lipinski definition) is 0. The smallest absolute Gasteiger partial charge is 0.241 e. The molecular weight excluding hydrogens is 358 g/mol. The zero-order chi connectivity index (χ0) is 18.5. The predicted molar refractivity (Wildman–Crippen MR) is 103 cm³/mol. The molecule has 5 nitrogen and oxygen atoms in total. The third-order valence-corrected chi connectivity index (χ3v) is 7.70. The molecule has 1 aliphatic carbocycles. The third-order valence-electron chi connectivity index (χ3n) is 5.90. The largest absolute Gasteiger partial charge is 0.243 e. The van der Waals surface area contributed by atoms with Crippen molar-refractivity contribution in [1.82, 2.24) is 14.1 Å². The normalized spacial score (nSPS) is 19.6. The van der Waals surface area contributed by atoms with E-state index in [1.807, 2.05) is 18.3 Å². The first-order valence-corrected chi connectivity index (χ1v) is 10.7. The predicted octanol–water partition coefficient (Wildman–Crippen LogP) is 3.44. The van der Waals surface area contributed by atoms with Crippen molar-refractivity contribution in [2.24, 2.45) is 5.41 Å². The van der Waals surface area contributed by atoms with Gasteiger partial charge in [-0.05, 0) is 60.1 Å². The molecule has 2 heterocycles. The standard InChI is InChI=1S/C21H21N3O2S/c25-27(26,20-9-7-19(8-10-20)24-12-4-11-22-24)23-15-21(16-23)13-18(14-21)17-5-2-1-3-6-17/h1-12,18H,13-16H2. The minimum atomic E-state index is -3.41. The molecule has 3 aromatic rings. The molecule has 2 fully saturated rings. The van der Waals surface area contributed by atoms with E-state index in [0.717, 1.165) is 18.5 Å². The maximum atomic E-state index is 12.9. The van der Waals surface area contributed by atoms with Gasteiger partial charge in [0.2, 0.25) is 10.0 Å². The molecule has 1 aromatic heterocycles. The molecule has 1 aliphatic heterocycles. The van der Waals surface area contributed by atoms with Gasteiger partial charge >= 0.3 is 0 Å². The number of rotatable bonds is 4. The SMILES string of the molecule is O=S(=O)(c1ccc(-n2cccn2)cc1)N1CC2(CC(c3ccccc3)C2)C1. The molecule has 0 atom stereocenters. The average molecular weight is 379 g/mol. The van der Waals surface area contributed by atoms with Gasteiger partial charge in [-0.15, -0.1) is 0 Å². The first kappa shape index (κ1) is 16.7. The van der Waals surface area contributed by atoms with Crippen LogP contribution >= 0.6 is 0 Å². The summed E-state index contributed by atoms with van der Waals surface area (Å²) in [5.74, 6) is 0.574. The van der Waals surface area contributed by atoms with Crippen LogP contribution in [0.1, 0.15) is 24.3 Å². The lowest BCUT2D eigenvalue weighted by Gasteiger charge is -2.58. The Labute approximate surface area is 159 Å². The maximum Gasteiger partial charge on any atom is 0.243 e. The Morgan fingerprint density at radius 2 is 1.63 bits per heavy atom. The minimum Gasteiger partial charge on any atom is -0.241 e. The number of hydrogen-bond acceptors (Lipinski definition) is 3. The Bertz CT molecular complexity index is 1030. The molecule has 1 spiro atoms. The Morgan fingerprint density at radius 1 is 0.926 bits per heavy atom. The number of sulfonamides is 1. The van der Waals surface area contributed by atoms with E-state index in [0.29, 0.717) is 23.9 Å². The second-order valence-corrected chi connectivity index (χ2v) is 9.67. The van der Waals surface area contributed by atoms with Crippen LogP contribution < -0.4 is 0 Å². The lowest BCUT2D eigenvalue weighted by atomic mass is 9.57. The van der Waals surface area contributed by atoms with E-state index in [1.165, 1.54) is 5.56 Å². The van der Waals surface area contributed by atoms with Crippen LogP contribution in [0, 0.1) is 5.41 Å². The summed E-state index contributed by atoms with van der Waals surface area (Å²) in [6.07, 6.45) is 5.70. The molecule has 0 N–H and O–H groups in total. The molecule has 27 heavy (non-hydrogen) atoms. The molecule has 138 valence electrons. The summed E-state index contributed by atoms with van der Waals surface area (Å²) >= 11 is 0. The molecule has 6 heteroatoms. The summed E-state index contributed by atoms with van der Waals surface area (Å²) in [5, 5.41) is 4.17. The van der Waals surface area contributed by atoms with E-state index in [-0.39, 0.29) is 5.41 Å². The number of benzene rings is 2. The van der Waals surface area contributed by atoms with Crippen LogP contribution in [-0.4, -0.2) is 35.6 Å². The van der Waals surface area contributed by atoms with Crippen molar-refractivity contribution in [3.63, 3.8) is 0 Å². The van der Waals surface area contributed by atoms with E-state index >= 15 is 0 Å². The van der Waals surface area contributed by atoms with Gasteiger partial charge in [-0.1, -0.05) is 30.3 Å². The molecule has 1 saturated heterocycles. The highest BCUT2D eigenvalue weighted by molar-refractivity contribution is 7.89. The topological polar surface area (TPSA) is 55.2 Å². The van der Waals surface area contributed by atoms with E-state index in [9.17, 15) is 8.42 Å². The molecule has 0 radical (unpaired) electrons. The van der Waals surface area contributed by atoms with Crippen molar-refractivity contribution < 1.29 is 8.42 Å². The van der Waals surface area contributed by atoms with Gasteiger partial charge < -0.3 is 0 Å². The second kappa shape index (κ2) is 6.04. The highest BCUT2D eigenvalue weighted by Crippen LogP contribution is 2.56. The minimum absolute atomic E-state index is 0.183. The van der Waals surface area contributed by atoms with Crippen molar-refractivity contribution in [3.05, 3.63) is 78.6 Å². The van der Waals surface area contributed by atoms with Crippen LogP contribution in [0.4, 0.5) is 0 Å². The Morgan fingerprint density at radius 3 is 2.26 bits per heavy atom. The molecule has 1 saturated carbocycles. The van der Waals surface area contributed by atoms with Gasteiger partial charge in [0.25, 0.3) is 0 Å². The van der Waals surface area contributed by atoms with Crippen LogP contribution in [0.2, 0.25) is 0 Å². The summed E-state index contributed by atoms with van der Waals surface area (Å²) in [7, 11) is -3.41. The summed E-state index contributed by atoms with van der Waals surface area (Å²) in [5.41, 5.74) is 2.41. The fourth-order valence-electron chi connectivity index (χ4n) is 4.42. The van der Waals surface area contributed by atoms with Crippen molar-refractivity contribution >= 4 is 10.0 Å². The van der Waals surface area contributed by atoms with Gasteiger partial charge in [-0.3, -0.25) is 0 Å². The summed E-state index contributed by atoms with van der Waals surface area (Å²) in [6.45, 7) is 1.28. The quantitative estimate of drug-likeness (QED) is 0.698. The highest BCUT2D eigenvalue weighted by Gasteiger charge is 2.55. The van der Waals surface area contributed by atoms with Gasteiger partial charge in [0, 0.05) is 25.5 Å². The van der Waals surface area contributed by atoms with E-state index in [2.05, 4.69) is 29.4 Å². The van der Waals surface area contributed by atoms with Crippen LogP contribution in [0.25, 0.3) is 5.69 Å². The Balaban J connectivity index is 1.25. The van der Waals surface area contributed by atoms with Crippen molar-refractivity contribution in [2.45, 2.75) is 23.7 Å². The van der Waals surface area contributed by atoms with Gasteiger partial charge in [0.15, 0.2) is 0 Å². The molecular formula is C21H21N3O2S. The first-order chi connectivity index (χ1) is 13.1. The molecule has 5 rings (SSSR count). The lowest BCUT2D eigenvalue weighted by Crippen LogP contribution is -2.62. The fourth-order valence-corrected chi connectivity index (χ4v) is 6.08. The van der Waals surface area contributed by atoms with E-state index in [4.69, 9.17) is 0 Å². The second-order valence-electron chi connectivity index (χ2n) is 7.73.